The third kappa shape index (κ3) is 4.02. The van der Waals surface area contributed by atoms with E-state index in [-0.39, 0.29) is 16.6 Å². The summed E-state index contributed by atoms with van der Waals surface area (Å²) in [5.74, 6) is 0.799. The zero-order chi connectivity index (χ0) is 32.2. The number of nitrogens with zero attached hydrogens (tertiary/aromatic N) is 2. The SMILES string of the molecule is CC1(C)c2ccccc2-c2ccc(N(c3ccccc3)c3cc4c(cn3)-c3sc(/C=C5/C(=O)c6cscc6C5O)cc3C4(C)C)cc21. The van der Waals surface area contributed by atoms with Crippen LogP contribution < -0.4 is 4.90 Å². The van der Waals surface area contributed by atoms with E-state index in [1.54, 1.807) is 11.3 Å². The minimum absolute atomic E-state index is 0.0758. The highest BCUT2D eigenvalue weighted by molar-refractivity contribution is 7.16. The molecule has 3 heterocycles. The lowest BCUT2D eigenvalue weighted by Crippen LogP contribution is -2.18. The maximum atomic E-state index is 13.0. The van der Waals surface area contributed by atoms with Crippen molar-refractivity contribution in [3.05, 3.63) is 146 Å². The number of hydrogen-bond acceptors (Lipinski definition) is 6. The Morgan fingerprint density at radius 3 is 2.28 bits per heavy atom. The lowest BCUT2D eigenvalue weighted by Gasteiger charge is -2.28. The minimum Gasteiger partial charge on any atom is -0.383 e. The second-order valence-electron chi connectivity index (χ2n) is 13.7. The van der Waals surface area contributed by atoms with Crippen molar-refractivity contribution in [2.45, 2.75) is 44.6 Å². The van der Waals surface area contributed by atoms with Crippen LogP contribution in [0.4, 0.5) is 17.2 Å². The van der Waals surface area contributed by atoms with Gasteiger partial charge in [0.2, 0.25) is 0 Å². The molecule has 9 rings (SSSR count). The molecule has 3 aliphatic rings. The van der Waals surface area contributed by atoms with Crippen LogP contribution in [0.25, 0.3) is 27.6 Å². The minimum atomic E-state index is -0.867. The van der Waals surface area contributed by atoms with Crippen molar-refractivity contribution in [3.8, 4) is 21.6 Å². The van der Waals surface area contributed by atoms with E-state index in [9.17, 15) is 9.90 Å². The quantitative estimate of drug-likeness (QED) is 0.193. The Hall–Kier alpha value is -4.62. The highest BCUT2D eigenvalue weighted by Gasteiger charge is 2.40. The molecular weight excluding hydrogens is 617 g/mol. The highest BCUT2D eigenvalue weighted by atomic mass is 32.1. The molecule has 3 aromatic heterocycles. The number of Topliss-reactive ketones (excluding diaryl/α,β-unsaturated/α-hetero) is 1. The third-order valence-corrected chi connectivity index (χ3v) is 12.3. The molecule has 0 saturated carbocycles. The predicted octanol–water partition coefficient (Wildman–Crippen LogP) is 10.6. The predicted molar refractivity (Wildman–Crippen MR) is 194 cm³/mol. The second-order valence-corrected chi connectivity index (χ2v) is 15.6. The number of carbonyl (C=O) groups is 1. The molecule has 0 amide bonds. The average molecular weight is 649 g/mol. The normalized spacial score (nSPS) is 18.5. The van der Waals surface area contributed by atoms with E-state index < -0.39 is 6.10 Å². The van der Waals surface area contributed by atoms with Crippen molar-refractivity contribution in [1.82, 2.24) is 4.98 Å². The molecule has 0 saturated heterocycles. The first-order chi connectivity index (χ1) is 22.6. The molecule has 1 unspecified atom stereocenters. The summed E-state index contributed by atoms with van der Waals surface area (Å²) in [6, 6.07) is 30.5. The van der Waals surface area contributed by atoms with E-state index >= 15 is 0 Å². The van der Waals surface area contributed by atoms with Gasteiger partial charge in [-0.2, -0.15) is 11.3 Å². The number of thiophene rings is 2. The number of ketones is 1. The number of aliphatic hydroxyl groups is 1. The van der Waals surface area contributed by atoms with Gasteiger partial charge in [0.15, 0.2) is 5.78 Å². The fourth-order valence-electron chi connectivity index (χ4n) is 7.83. The van der Waals surface area contributed by atoms with Crippen LogP contribution >= 0.6 is 22.7 Å². The molecule has 6 heteroatoms. The van der Waals surface area contributed by atoms with Crippen LogP contribution in [0.3, 0.4) is 0 Å². The number of carbonyl (C=O) groups excluding carboxylic acids is 1. The molecule has 0 aliphatic heterocycles. The maximum absolute atomic E-state index is 13.0. The van der Waals surface area contributed by atoms with Crippen LogP contribution in [0.5, 0.6) is 0 Å². The van der Waals surface area contributed by atoms with E-state index in [0.717, 1.165) is 33.2 Å². The van der Waals surface area contributed by atoms with E-state index in [4.69, 9.17) is 4.98 Å². The Labute approximate surface area is 282 Å². The van der Waals surface area contributed by atoms with Crippen molar-refractivity contribution in [1.29, 1.82) is 0 Å². The largest absolute Gasteiger partial charge is 0.383 e. The van der Waals surface area contributed by atoms with Gasteiger partial charge in [0.1, 0.15) is 11.9 Å². The van der Waals surface area contributed by atoms with E-state index in [1.807, 2.05) is 29.1 Å². The van der Waals surface area contributed by atoms with Crippen molar-refractivity contribution in [2.24, 2.45) is 0 Å². The summed E-state index contributed by atoms with van der Waals surface area (Å²) in [5.41, 5.74) is 12.4. The topological polar surface area (TPSA) is 53.4 Å². The Balaban J connectivity index is 1.13. The van der Waals surface area contributed by atoms with Crippen molar-refractivity contribution < 1.29 is 9.90 Å². The monoisotopic (exact) mass is 648 g/mol. The van der Waals surface area contributed by atoms with Gasteiger partial charge in [-0.25, -0.2) is 4.98 Å². The smallest absolute Gasteiger partial charge is 0.193 e. The van der Waals surface area contributed by atoms with Crippen LogP contribution in [-0.4, -0.2) is 15.9 Å². The van der Waals surface area contributed by atoms with Crippen LogP contribution in [0.1, 0.15) is 76.9 Å². The molecule has 0 bridgehead atoms. The Bertz CT molecular complexity index is 2310. The van der Waals surface area contributed by atoms with Crippen LogP contribution in [0, 0.1) is 0 Å². The number of benzene rings is 3. The number of hydrogen-bond donors (Lipinski definition) is 1. The highest BCUT2D eigenvalue weighted by Crippen LogP contribution is 2.55. The average Bonchev–Trinajstić information content (AvgIpc) is 3.86. The number of pyridine rings is 1. The van der Waals surface area contributed by atoms with Gasteiger partial charge < -0.3 is 5.11 Å². The van der Waals surface area contributed by atoms with Crippen molar-refractivity contribution >= 4 is 51.7 Å². The maximum Gasteiger partial charge on any atom is 0.193 e. The van der Waals surface area contributed by atoms with Gasteiger partial charge in [-0.15, -0.1) is 11.3 Å². The van der Waals surface area contributed by atoms with Crippen LogP contribution in [-0.2, 0) is 10.8 Å². The summed E-state index contributed by atoms with van der Waals surface area (Å²) in [5, 5.41) is 14.6. The Kier molecular flexibility index (Phi) is 6.05. The summed E-state index contributed by atoms with van der Waals surface area (Å²) in [4.78, 5) is 22.6. The molecule has 0 fully saturated rings. The summed E-state index contributed by atoms with van der Waals surface area (Å²) in [7, 11) is 0. The van der Waals surface area contributed by atoms with Crippen LogP contribution in [0.2, 0.25) is 0 Å². The van der Waals surface area contributed by atoms with Gasteiger partial charge in [0, 0.05) is 65.8 Å². The lowest BCUT2D eigenvalue weighted by molar-refractivity contribution is 0.102. The molecule has 3 aromatic carbocycles. The van der Waals surface area contributed by atoms with Crippen LogP contribution in [0.15, 0.2) is 107 Å². The Morgan fingerprint density at radius 1 is 0.745 bits per heavy atom. The van der Waals surface area contributed by atoms with Gasteiger partial charge >= 0.3 is 0 Å². The molecule has 47 heavy (non-hydrogen) atoms. The van der Waals surface area contributed by atoms with E-state index in [1.165, 1.54) is 49.6 Å². The molecule has 1 N–H and O–H groups in total. The van der Waals surface area contributed by atoms with Crippen molar-refractivity contribution in [3.63, 3.8) is 0 Å². The second kappa shape index (κ2) is 9.94. The number of para-hydroxylation sites is 1. The molecular formula is C41H32N2O2S2. The molecule has 4 nitrogen and oxygen atoms in total. The fourth-order valence-corrected chi connectivity index (χ4v) is 9.97. The van der Waals surface area contributed by atoms with Gasteiger partial charge in [-0.1, -0.05) is 76.2 Å². The third-order valence-electron chi connectivity index (χ3n) is 10.4. The lowest BCUT2D eigenvalue weighted by atomic mass is 9.82. The first-order valence-corrected chi connectivity index (χ1v) is 17.7. The summed E-state index contributed by atoms with van der Waals surface area (Å²) >= 11 is 3.12. The molecule has 1 atom stereocenters. The number of aromatic nitrogens is 1. The summed E-state index contributed by atoms with van der Waals surface area (Å²) in [6.45, 7) is 9.16. The summed E-state index contributed by atoms with van der Waals surface area (Å²) < 4.78 is 0. The number of rotatable bonds is 4. The zero-order valence-electron chi connectivity index (χ0n) is 26.5. The molecule has 230 valence electrons. The van der Waals surface area contributed by atoms with E-state index in [0.29, 0.717) is 11.1 Å². The number of aliphatic hydroxyl groups excluding tert-OH is 1. The zero-order valence-corrected chi connectivity index (χ0v) is 28.2. The molecule has 6 aromatic rings. The number of anilines is 3. The van der Waals surface area contributed by atoms with Gasteiger partial charge in [0.05, 0.1) is 0 Å². The first kappa shape index (κ1) is 28.6. The van der Waals surface area contributed by atoms with Gasteiger partial charge in [-0.3, -0.25) is 9.69 Å². The Morgan fingerprint density at radius 2 is 1.47 bits per heavy atom. The molecule has 3 aliphatic carbocycles. The number of fused-ring (bicyclic) bond motifs is 7. The van der Waals surface area contributed by atoms with Gasteiger partial charge in [-0.05, 0) is 81.2 Å². The first-order valence-electron chi connectivity index (χ1n) is 15.9. The van der Waals surface area contributed by atoms with Gasteiger partial charge in [0.25, 0.3) is 0 Å². The molecule has 0 radical (unpaired) electrons. The van der Waals surface area contributed by atoms with Crippen molar-refractivity contribution in [2.75, 3.05) is 4.90 Å². The standard InChI is InChI=1S/C41H32N2O2S2/c1-40(2)32-13-9-8-12-26(32)27-15-14-24(16-33(27)40)43(23-10-6-5-7-11-23)36-19-34-29(20-42-36)39-35(41(34,3)4)18-25(47-39)17-28-37(44)30-21-46-22-31(30)38(28)45/h5-22,37,44H,1-4H3/b28-17+. The molecule has 0 spiro atoms. The summed E-state index contributed by atoms with van der Waals surface area (Å²) in [6.07, 6.45) is 3.03. The van der Waals surface area contributed by atoms with E-state index in [2.05, 4.69) is 111 Å². The fraction of sp³-hybridized carbons (Fsp3) is 0.171.